The van der Waals surface area contributed by atoms with Crippen molar-refractivity contribution in [2.75, 3.05) is 0 Å². The van der Waals surface area contributed by atoms with E-state index in [-0.39, 0.29) is 0 Å². The van der Waals surface area contributed by atoms with Crippen LogP contribution in [0.4, 0.5) is 0 Å². The van der Waals surface area contributed by atoms with Gasteiger partial charge in [-0.25, -0.2) is 0 Å². The lowest BCUT2D eigenvalue weighted by atomic mass is 9.88. The second kappa shape index (κ2) is 5.21. The molecule has 1 heteroatoms. The highest BCUT2D eigenvalue weighted by atomic mass is 16.1. The number of Topliss-reactive ketones (excluding diaryl/α,β-unsaturated/α-hetero) is 1. The lowest BCUT2D eigenvalue weighted by Gasteiger charge is -2.17. The summed E-state index contributed by atoms with van der Waals surface area (Å²) in [6.07, 6.45) is 8.41. The maximum absolute atomic E-state index is 11.0. The van der Waals surface area contributed by atoms with E-state index < -0.39 is 0 Å². The van der Waals surface area contributed by atoms with Gasteiger partial charge in [-0.05, 0) is 18.8 Å². The molecule has 0 aromatic rings. The highest BCUT2D eigenvalue weighted by molar-refractivity contribution is 5.81. The van der Waals surface area contributed by atoms with Crippen molar-refractivity contribution in [3.63, 3.8) is 0 Å². The molecule has 0 unspecified atom stereocenters. The molecule has 0 atom stereocenters. The van der Waals surface area contributed by atoms with Crippen molar-refractivity contribution in [3.8, 4) is 0 Å². The summed E-state index contributed by atoms with van der Waals surface area (Å²) in [6, 6.07) is 0. The van der Waals surface area contributed by atoms with Gasteiger partial charge in [-0.15, -0.1) is 0 Å². The minimum absolute atomic E-state index is 0.410. The normalized spacial score (nSPS) is 17.8. The van der Waals surface area contributed by atoms with Crippen LogP contribution in [0.25, 0.3) is 0 Å². The molecule has 0 aromatic carbocycles. The Hall–Kier alpha value is -0.590. The van der Waals surface area contributed by atoms with Crippen molar-refractivity contribution in [2.24, 2.45) is 5.92 Å². The Morgan fingerprint density at radius 2 is 2.00 bits per heavy atom. The molecule has 0 aromatic heterocycles. The van der Waals surface area contributed by atoms with Crippen LogP contribution in [0.15, 0.2) is 11.6 Å². The van der Waals surface area contributed by atoms with Gasteiger partial charge in [0, 0.05) is 12.8 Å². The van der Waals surface area contributed by atoms with E-state index in [1.54, 1.807) is 0 Å². The topological polar surface area (TPSA) is 17.1 Å². The lowest BCUT2D eigenvalue weighted by Crippen LogP contribution is -2.07. The van der Waals surface area contributed by atoms with Crippen LogP contribution in [0.1, 0.15) is 52.4 Å². The van der Waals surface area contributed by atoms with Crippen molar-refractivity contribution in [3.05, 3.63) is 11.6 Å². The van der Waals surface area contributed by atoms with Crippen molar-refractivity contribution >= 4 is 5.78 Å². The Morgan fingerprint density at radius 1 is 1.31 bits per heavy atom. The lowest BCUT2D eigenvalue weighted by molar-refractivity contribution is -0.118. The first-order valence-electron chi connectivity index (χ1n) is 5.45. The van der Waals surface area contributed by atoms with Crippen LogP contribution in [-0.4, -0.2) is 5.78 Å². The highest BCUT2D eigenvalue weighted by Gasteiger charge is 2.13. The number of hydrogen-bond donors (Lipinski definition) is 0. The average molecular weight is 180 g/mol. The first kappa shape index (κ1) is 10.5. The number of hydrogen-bond acceptors (Lipinski definition) is 1. The van der Waals surface area contributed by atoms with Crippen molar-refractivity contribution in [2.45, 2.75) is 52.4 Å². The predicted molar refractivity (Wildman–Crippen MR) is 55.6 cm³/mol. The SMILES string of the molecule is CCC(CC)CC1=CCC(=O)CC1. The Labute approximate surface area is 81.2 Å². The van der Waals surface area contributed by atoms with Gasteiger partial charge < -0.3 is 0 Å². The summed E-state index contributed by atoms with van der Waals surface area (Å²) in [6.45, 7) is 4.51. The maximum Gasteiger partial charge on any atom is 0.136 e. The van der Waals surface area contributed by atoms with Crippen LogP contribution < -0.4 is 0 Å². The smallest absolute Gasteiger partial charge is 0.136 e. The zero-order valence-electron chi connectivity index (χ0n) is 8.81. The van der Waals surface area contributed by atoms with Crippen LogP contribution in [0.5, 0.6) is 0 Å². The number of allylic oxidation sites excluding steroid dienone is 2. The molecule has 0 amide bonds. The summed E-state index contributed by atoms with van der Waals surface area (Å²) in [5, 5.41) is 0. The van der Waals surface area contributed by atoms with E-state index in [2.05, 4.69) is 19.9 Å². The maximum atomic E-state index is 11.0. The summed E-state index contributed by atoms with van der Waals surface area (Å²) in [5.74, 6) is 1.24. The van der Waals surface area contributed by atoms with Gasteiger partial charge in [0.1, 0.15) is 5.78 Å². The molecule has 0 spiro atoms. The highest BCUT2D eigenvalue weighted by Crippen LogP contribution is 2.25. The molecule has 13 heavy (non-hydrogen) atoms. The van der Waals surface area contributed by atoms with Gasteiger partial charge in [0.05, 0.1) is 0 Å². The van der Waals surface area contributed by atoms with Crippen molar-refractivity contribution < 1.29 is 4.79 Å². The molecule has 0 heterocycles. The Kier molecular flexibility index (Phi) is 4.20. The molecule has 0 saturated heterocycles. The molecule has 0 radical (unpaired) electrons. The second-order valence-electron chi connectivity index (χ2n) is 3.99. The fourth-order valence-corrected chi connectivity index (χ4v) is 1.90. The molecule has 1 rings (SSSR count). The largest absolute Gasteiger partial charge is 0.299 e. The minimum atomic E-state index is 0.410. The van der Waals surface area contributed by atoms with E-state index in [9.17, 15) is 4.79 Å². The summed E-state index contributed by atoms with van der Waals surface area (Å²) >= 11 is 0. The summed E-state index contributed by atoms with van der Waals surface area (Å²) in [4.78, 5) is 11.0. The predicted octanol–water partition coefficient (Wildman–Crippen LogP) is 3.49. The molecule has 0 fully saturated rings. The molecule has 1 nitrogen and oxygen atoms in total. The number of carbonyl (C=O) groups excluding carboxylic acids is 1. The van der Waals surface area contributed by atoms with E-state index >= 15 is 0 Å². The second-order valence-corrected chi connectivity index (χ2v) is 3.99. The first-order chi connectivity index (χ1) is 6.26. The van der Waals surface area contributed by atoms with Gasteiger partial charge in [-0.1, -0.05) is 38.3 Å². The van der Waals surface area contributed by atoms with Crippen LogP contribution in [0.2, 0.25) is 0 Å². The van der Waals surface area contributed by atoms with Crippen LogP contribution in [0, 0.1) is 5.92 Å². The fraction of sp³-hybridized carbons (Fsp3) is 0.750. The third kappa shape index (κ3) is 3.33. The van der Waals surface area contributed by atoms with E-state index in [0.717, 1.165) is 18.8 Å². The van der Waals surface area contributed by atoms with E-state index in [0.29, 0.717) is 12.2 Å². The van der Waals surface area contributed by atoms with Crippen LogP contribution in [0.3, 0.4) is 0 Å². The first-order valence-corrected chi connectivity index (χ1v) is 5.45. The molecule has 0 bridgehead atoms. The number of rotatable bonds is 4. The van der Waals surface area contributed by atoms with Crippen LogP contribution in [-0.2, 0) is 4.79 Å². The monoisotopic (exact) mass is 180 g/mol. The zero-order chi connectivity index (χ0) is 9.68. The average Bonchev–Trinajstić information content (AvgIpc) is 2.17. The molecule has 1 aliphatic rings. The Morgan fingerprint density at radius 3 is 2.46 bits per heavy atom. The van der Waals surface area contributed by atoms with Gasteiger partial charge in [0.25, 0.3) is 0 Å². The fourth-order valence-electron chi connectivity index (χ4n) is 1.90. The molecule has 0 aliphatic heterocycles. The van der Waals surface area contributed by atoms with Gasteiger partial charge in [0.15, 0.2) is 0 Å². The summed E-state index contributed by atoms with van der Waals surface area (Å²) < 4.78 is 0. The van der Waals surface area contributed by atoms with Gasteiger partial charge in [-0.2, -0.15) is 0 Å². The Balaban J connectivity index is 2.40. The van der Waals surface area contributed by atoms with Crippen molar-refractivity contribution in [1.82, 2.24) is 0 Å². The quantitative estimate of drug-likeness (QED) is 0.605. The molecular weight excluding hydrogens is 160 g/mol. The van der Waals surface area contributed by atoms with Crippen molar-refractivity contribution in [1.29, 1.82) is 0 Å². The molecule has 74 valence electrons. The third-order valence-corrected chi connectivity index (χ3v) is 3.05. The van der Waals surface area contributed by atoms with E-state index in [1.165, 1.54) is 24.8 Å². The van der Waals surface area contributed by atoms with Gasteiger partial charge in [-0.3, -0.25) is 4.79 Å². The van der Waals surface area contributed by atoms with Crippen LogP contribution >= 0.6 is 0 Å². The van der Waals surface area contributed by atoms with E-state index in [1.807, 2.05) is 0 Å². The summed E-state index contributed by atoms with van der Waals surface area (Å²) in [7, 11) is 0. The number of carbonyl (C=O) groups is 1. The third-order valence-electron chi connectivity index (χ3n) is 3.05. The van der Waals surface area contributed by atoms with E-state index in [4.69, 9.17) is 0 Å². The molecule has 1 aliphatic carbocycles. The Bertz CT molecular complexity index is 199. The minimum Gasteiger partial charge on any atom is -0.299 e. The summed E-state index contributed by atoms with van der Waals surface area (Å²) in [5.41, 5.74) is 1.52. The van der Waals surface area contributed by atoms with Gasteiger partial charge in [0.2, 0.25) is 0 Å². The standard InChI is InChI=1S/C12H20O/c1-3-10(4-2)9-11-5-7-12(13)8-6-11/h5,10H,3-4,6-9H2,1-2H3. The number of ketones is 1. The molecular formula is C12H20O. The zero-order valence-corrected chi connectivity index (χ0v) is 8.81. The van der Waals surface area contributed by atoms with Gasteiger partial charge >= 0.3 is 0 Å². The molecule has 0 N–H and O–H groups in total. The molecule has 0 saturated carbocycles.